The third kappa shape index (κ3) is 4.53. The molecule has 0 aromatic heterocycles. The van der Waals surface area contributed by atoms with Crippen LogP contribution in [0.15, 0.2) is 24.3 Å². The molecule has 0 spiro atoms. The first-order valence-corrected chi connectivity index (χ1v) is 5.63. The lowest BCUT2D eigenvalue weighted by atomic mass is 10.0. The predicted molar refractivity (Wildman–Crippen MR) is 62.6 cm³/mol. The molecule has 16 heavy (non-hydrogen) atoms. The summed E-state index contributed by atoms with van der Waals surface area (Å²) in [5.74, 6) is -0.227. The Morgan fingerprint density at radius 2 is 2.25 bits per heavy atom. The van der Waals surface area contributed by atoms with Gasteiger partial charge in [0, 0.05) is 18.9 Å². The summed E-state index contributed by atoms with van der Waals surface area (Å²) in [7, 11) is 0. The fraction of sp³-hybridized carbons (Fsp3) is 0.462. The summed E-state index contributed by atoms with van der Waals surface area (Å²) in [6, 6.07) is 6.07. The molecule has 0 aliphatic rings. The monoisotopic (exact) mass is 223 g/mol. The largest absolute Gasteiger partial charge is 0.327 e. The molecule has 0 aliphatic heterocycles. The van der Waals surface area contributed by atoms with E-state index in [9.17, 15) is 9.18 Å². The van der Waals surface area contributed by atoms with Crippen LogP contribution in [0.4, 0.5) is 4.39 Å². The van der Waals surface area contributed by atoms with Crippen LogP contribution in [-0.2, 0) is 11.2 Å². The molecule has 1 rings (SSSR count). The quantitative estimate of drug-likeness (QED) is 0.805. The molecule has 0 saturated carbocycles. The van der Waals surface area contributed by atoms with Crippen molar-refractivity contribution < 1.29 is 9.18 Å². The number of hydrogen-bond acceptors (Lipinski definition) is 2. The van der Waals surface area contributed by atoms with Gasteiger partial charge in [0.15, 0.2) is 0 Å². The number of Topliss-reactive ketones (excluding diaryl/α,β-unsaturated/α-hetero) is 1. The number of rotatable bonds is 6. The zero-order valence-electron chi connectivity index (χ0n) is 9.58. The van der Waals surface area contributed by atoms with Crippen LogP contribution in [0.3, 0.4) is 0 Å². The maximum absolute atomic E-state index is 12.9. The highest BCUT2D eigenvalue weighted by Crippen LogP contribution is 2.07. The summed E-state index contributed by atoms with van der Waals surface area (Å²) >= 11 is 0. The Hall–Kier alpha value is -1.22. The lowest BCUT2D eigenvalue weighted by Gasteiger charge is -2.08. The van der Waals surface area contributed by atoms with Gasteiger partial charge in [-0.25, -0.2) is 4.39 Å². The SMILES string of the molecule is CCCC(N)CC(=O)Cc1cccc(F)c1. The molecule has 0 bridgehead atoms. The minimum Gasteiger partial charge on any atom is -0.327 e. The Kier molecular flexibility index (Phi) is 5.12. The van der Waals surface area contributed by atoms with Crippen LogP contribution in [0, 0.1) is 5.82 Å². The summed E-state index contributed by atoms with van der Waals surface area (Å²) in [4.78, 5) is 11.6. The van der Waals surface area contributed by atoms with E-state index in [1.807, 2.05) is 6.92 Å². The summed E-state index contributed by atoms with van der Waals surface area (Å²) < 4.78 is 12.9. The minimum atomic E-state index is -0.303. The van der Waals surface area contributed by atoms with Gasteiger partial charge in [-0.1, -0.05) is 25.5 Å². The van der Waals surface area contributed by atoms with E-state index in [2.05, 4.69) is 0 Å². The minimum absolute atomic E-state index is 0.0638. The molecule has 0 amide bonds. The highest BCUT2D eigenvalue weighted by atomic mass is 19.1. The second kappa shape index (κ2) is 6.38. The van der Waals surface area contributed by atoms with Crippen LogP contribution in [0.2, 0.25) is 0 Å². The number of benzene rings is 1. The van der Waals surface area contributed by atoms with Crippen molar-refractivity contribution in [2.45, 2.75) is 38.6 Å². The van der Waals surface area contributed by atoms with E-state index in [4.69, 9.17) is 5.73 Å². The van der Waals surface area contributed by atoms with Gasteiger partial charge in [0.2, 0.25) is 0 Å². The van der Waals surface area contributed by atoms with Crippen molar-refractivity contribution in [2.24, 2.45) is 5.73 Å². The van der Waals surface area contributed by atoms with Gasteiger partial charge in [-0.2, -0.15) is 0 Å². The first-order valence-electron chi connectivity index (χ1n) is 5.63. The first kappa shape index (κ1) is 12.8. The third-order valence-corrected chi connectivity index (χ3v) is 2.44. The van der Waals surface area contributed by atoms with Gasteiger partial charge in [0.25, 0.3) is 0 Å². The van der Waals surface area contributed by atoms with Gasteiger partial charge in [-0.15, -0.1) is 0 Å². The molecular formula is C13H18FNO. The molecule has 1 aromatic carbocycles. The van der Waals surface area contributed by atoms with Crippen LogP contribution in [0.1, 0.15) is 31.7 Å². The van der Waals surface area contributed by atoms with E-state index in [1.165, 1.54) is 12.1 Å². The highest BCUT2D eigenvalue weighted by Gasteiger charge is 2.09. The second-order valence-corrected chi connectivity index (χ2v) is 4.10. The molecule has 0 aliphatic carbocycles. The summed E-state index contributed by atoms with van der Waals surface area (Å²) in [6.45, 7) is 2.04. The standard InChI is InChI=1S/C13H18FNO/c1-2-4-12(15)9-13(16)8-10-5-3-6-11(14)7-10/h3,5-7,12H,2,4,8-9,15H2,1H3. The molecule has 1 atom stereocenters. The van der Waals surface area contributed by atoms with Crippen molar-refractivity contribution in [3.63, 3.8) is 0 Å². The van der Waals surface area contributed by atoms with Crippen LogP contribution >= 0.6 is 0 Å². The second-order valence-electron chi connectivity index (χ2n) is 4.10. The Bertz CT molecular complexity index is 352. The lowest BCUT2D eigenvalue weighted by molar-refractivity contribution is -0.118. The first-order chi connectivity index (χ1) is 7.61. The number of carbonyl (C=O) groups is 1. The molecule has 2 N–H and O–H groups in total. The van der Waals surface area contributed by atoms with Crippen LogP contribution in [-0.4, -0.2) is 11.8 Å². The molecule has 3 heteroatoms. The van der Waals surface area contributed by atoms with E-state index in [0.29, 0.717) is 12.0 Å². The van der Waals surface area contributed by atoms with Crippen molar-refractivity contribution in [1.29, 1.82) is 0 Å². The molecule has 88 valence electrons. The van der Waals surface area contributed by atoms with Crippen LogP contribution < -0.4 is 5.73 Å². The van der Waals surface area contributed by atoms with E-state index < -0.39 is 0 Å². The summed E-state index contributed by atoms with van der Waals surface area (Å²) in [6.07, 6.45) is 2.49. The number of carbonyl (C=O) groups excluding carboxylic acids is 1. The third-order valence-electron chi connectivity index (χ3n) is 2.44. The Morgan fingerprint density at radius 1 is 1.50 bits per heavy atom. The van der Waals surface area contributed by atoms with Gasteiger partial charge in [-0.3, -0.25) is 4.79 Å². The Morgan fingerprint density at radius 3 is 2.88 bits per heavy atom. The van der Waals surface area contributed by atoms with Crippen molar-refractivity contribution >= 4 is 5.78 Å². The Balaban J connectivity index is 2.45. The van der Waals surface area contributed by atoms with Crippen LogP contribution in [0.25, 0.3) is 0 Å². The number of ketones is 1. The normalized spacial score (nSPS) is 12.4. The van der Waals surface area contributed by atoms with Gasteiger partial charge in [0.05, 0.1) is 0 Å². The van der Waals surface area contributed by atoms with E-state index in [0.717, 1.165) is 12.8 Å². The maximum atomic E-state index is 12.9. The summed E-state index contributed by atoms with van der Waals surface area (Å²) in [5.41, 5.74) is 6.49. The van der Waals surface area contributed by atoms with E-state index in [1.54, 1.807) is 12.1 Å². The Labute approximate surface area is 95.7 Å². The van der Waals surface area contributed by atoms with Crippen molar-refractivity contribution in [3.8, 4) is 0 Å². The lowest BCUT2D eigenvalue weighted by Crippen LogP contribution is -2.24. The van der Waals surface area contributed by atoms with Gasteiger partial charge < -0.3 is 5.73 Å². The molecule has 0 saturated heterocycles. The molecule has 0 fully saturated rings. The molecule has 1 unspecified atom stereocenters. The zero-order valence-corrected chi connectivity index (χ0v) is 9.58. The van der Waals surface area contributed by atoms with Crippen molar-refractivity contribution in [3.05, 3.63) is 35.6 Å². The van der Waals surface area contributed by atoms with Gasteiger partial charge in [-0.05, 0) is 24.1 Å². The van der Waals surface area contributed by atoms with Gasteiger partial charge >= 0.3 is 0 Å². The molecule has 0 radical (unpaired) electrons. The zero-order chi connectivity index (χ0) is 12.0. The number of nitrogens with two attached hydrogens (primary N) is 1. The molecule has 1 aromatic rings. The fourth-order valence-corrected chi connectivity index (χ4v) is 1.71. The van der Waals surface area contributed by atoms with Crippen LogP contribution in [0.5, 0.6) is 0 Å². The van der Waals surface area contributed by atoms with Gasteiger partial charge in [0.1, 0.15) is 11.6 Å². The fourth-order valence-electron chi connectivity index (χ4n) is 1.71. The topological polar surface area (TPSA) is 43.1 Å². The highest BCUT2D eigenvalue weighted by molar-refractivity contribution is 5.81. The van der Waals surface area contributed by atoms with E-state index >= 15 is 0 Å². The number of halogens is 1. The van der Waals surface area contributed by atoms with E-state index in [-0.39, 0.29) is 24.1 Å². The maximum Gasteiger partial charge on any atom is 0.138 e. The average Bonchev–Trinajstić information content (AvgIpc) is 2.17. The average molecular weight is 223 g/mol. The molecular weight excluding hydrogens is 205 g/mol. The molecule has 0 heterocycles. The summed E-state index contributed by atoms with van der Waals surface area (Å²) in [5, 5.41) is 0. The smallest absolute Gasteiger partial charge is 0.138 e. The predicted octanol–water partition coefficient (Wildman–Crippen LogP) is 2.45. The van der Waals surface area contributed by atoms with Crippen molar-refractivity contribution in [2.75, 3.05) is 0 Å². The number of hydrogen-bond donors (Lipinski definition) is 1. The molecule has 2 nitrogen and oxygen atoms in total. The van der Waals surface area contributed by atoms with Crippen molar-refractivity contribution in [1.82, 2.24) is 0 Å².